The first-order valence-electron chi connectivity index (χ1n) is 4.49. The van der Waals surface area contributed by atoms with Gasteiger partial charge >= 0.3 is 6.01 Å². The highest BCUT2D eigenvalue weighted by atomic mass is 79.9. The van der Waals surface area contributed by atoms with E-state index in [0.717, 1.165) is 11.2 Å². The van der Waals surface area contributed by atoms with Crippen molar-refractivity contribution in [2.75, 3.05) is 6.61 Å². The summed E-state index contributed by atoms with van der Waals surface area (Å²) in [6, 6.07) is 1.24. The molecule has 1 aliphatic rings. The second kappa shape index (κ2) is 3.65. The minimum atomic E-state index is 0.573. The van der Waals surface area contributed by atoms with Gasteiger partial charge in [0.05, 0.1) is 11.9 Å². The molecule has 1 heterocycles. The van der Waals surface area contributed by atoms with Gasteiger partial charge in [0.25, 0.3) is 0 Å². The molecule has 1 fully saturated rings. The van der Waals surface area contributed by atoms with Crippen LogP contribution in [-0.2, 0) is 5.33 Å². The molecule has 13 heavy (non-hydrogen) atoms. The van der Waals surface area contributed by atoms with Crippen molar-refractivity contribution in [3.63, 3.8) is 0 Å². The highest BCUT2D eigenvalue weighted by Crippen LogP contribution is 2.38. The van der Waals surface area contributed by atoms with Gasteiger partial charge in [-0.3, -0.25) is 4.57 Å². The van der Waals surface area contributed by atoms with Gasteiger partial charge in [-0.1, -0.05) is 21.0 Å². The first-order chi connectivity index (χ1) is 6.36. The minimum absolute atomic E-state index is 0.573. The quantitative estimate of drug-likeness (QED) is 0.762. The summed E-state index contributed by atoms with van der Waals surface area (Å²) in [5, 5.41) is 8.79. The van der Waals surface area contributed by atoms with E-state index in [9.17, 15) is 0 Å². The summed E-state index contributed by atoms with van der Waals surface area (Å²) in [7, 11) is 0. The van der Waals surface area contributed by atoms with E-state index in [0.29, 0.717) is 18.7 Å². The summed E-state index contributed by atoms with van der Waals surface area (Å²) >= 11 is 3.39. The summed E-state index contributed by atoms with van der Waals surface area (Å²) in [6.07, 6.45) is 2.44. The van der Waals surface area contributed by atoms with Gasteiger partial charge < -0.3 is 4.74 Å². The number of nitrogens with zero attached hydrogens (tertiary/aromatic N) is 3. The average molecular weight is 246 g/mol. The third-order valence-corrected chi connectivity index (χ3v) is 2.54. The molecule has 5 heteroatoms. The Balaban J connectivity index is 2.27. The van der Waals surface area contributed by atoms with Gasteiger partial charge in [-0.05, 0) is 19.8 Å². The zero-order chi connectivity index (χ0) is 9.26. The van der Waals surface area contributed by atoms with Crippen LogP contribution in [0.15, 0.2) is 0 Å². The molecule has 0 N–H and O–H groups in total. The van der Waals surface area contributed by atoms with Crippen LogP contribution in [0.5, 0.6) is 6.01 Å². The van der Waals surface area contributed by atoms with E-state index in [2.05, 4.69) is 30.7 Å². The second-order valence-corrected chi connectivity index (χ2v) is 3.63. The molecule has 2 rings (SSSR count). The Morgan fingerprint density at radius 2 is 2.31 bits per heavy atom. The molecule has 0 aliphatic heterocycles. The second-order valence-electron chi connectivity index (χ2n) is 3.07. The van der Waals surface area contributed by atoms with Crippen molar-refractivity contribution in [2.45, 2.75) is 31.1 Å². The van der Waals surface area contributed by atoms with Crippen LogP contribution in [0.4, 0.5) is 0 Å². The van der Waals surface area contributed by atoms with Crippen LogP contribution in [0.3, 0.4) is 0 Å². The van der Waals surface area contributed by atoms with Crippen molar-refractivity contribution in [1.29, 1.82) is 0 Å². The fraction of sp³-hybridized carbons (Fsp3) is 0.750. The topological polar surface area (TPSA) is 39.9 Å². The summed E-state index contributed by atoms with van der Waals surface area (Å²) in [5.74, 6) is 0.964. The Labute approximate surface area is 85.4 Å². The largest absolute Gasteiger partial charge is 0.464 e. The van der Waals surface area contributed by atoms with Crippen LogP contribution in [0, 0.1) is 0 Å². The van der Waals surface area contributed by atoms with Gasteiger partial charge in [-0.25, -0.2) is 0 Å². The van der Waals surface area contributed by atoms with Crippen molar-refractivity contribution in [2.24, 2.45) is 0 Å². The average Bonchev–Trinajstić information content (AvgIpc) is 2.89. The number of halogens is 1. The van der Waals surface area contributed by atoms with Gasteiger partial charge in [0, 0.05) is 6.04 Å². The fourth-order valence-corrected chi connectivity index (χ4v) is 1.71. The molecule has 1 saturated carbocycles. The molecular formula is C8H12BrN3O. The number of aromatic nitrogens is 3. The van der Waals surface area contributed by atoms with Crippen LogP contribution in [-0.4, -0.2) is 21.4 Å². The van der Waals surface area contributed by atoms with E-state index in [1.54, 1.807) is 0 Å². The van der Waals surface area contributed by atoms with E-state index in [-0.39, 0.29) is 0 Å². The van der Waals surface area contributed by atoms with Gasteiger partial charge in [0.2, 0.25) is 0 Å². The van der Waals surface area contributed by atoms with Crippen LogP contribution in [0.1, 0.15) is 31.6 Å². The SMILES string of the molecule is CCOc1nnc(CBr)n1C1CC1. The highest BCUT2D eigenvalue weighted by Gasteiger charge is 2.29. The maximum absolute atomic E-state index is 5.39. The molecule has 0 amide bonds. The van der Waals surface area contributed by atoms with Gasteiger partial charge in [0.15, 0.2) is 0 Å². The molecule has 0 aromatic carbocycles. The molecule has 0 spiro atoms. The van der Waals surface area contributed by atoms with E-state index in [1.165, 1.54) is 12.8 Å². The fourth-order valence-electron chi connectivity index (χ4n) is 1.33. The molecule has 0 saturated heterocycles. The summed E-state index contributed by atoms with van der Waals surface area (Å²) in [5.41, 5.74) is 0. The lowest BCUT2D eigenvalue weighted by Gasteiger charge is -2.06. The van der Waals surface area contributed by atoms with Crippen molar-refractivity contribution in [3.05, 3.63) is 5.82 Å². The molecule has 72 valence electrons. The van der Waals surface area contributed by atoms with Crippen LogP contribution in [0.25, 0.3) is 0 Å². The van der Waals surface area contributed by atoms with E-state index >= 15 is 0 Å². The monoisotopic (exact) mass is 245 g/mol. The predicted octanol–water partition coefficient (Wildman–Crippen LogP) is 1.91. The smallest absolute Gasteiger partial charge is 0.317 e. The van der Waals surface area contributed by atoms with E-state index < -0.39 is 0 Å². The number of alkyl halides is 1. The highest BCUT2D eigenvalue weighted by molar-refractivity contribution is 9.08. The molecular weight excluding hydrogens is 234 g/mol. The van der Waals surface area contributed by atoms with Crippen LogP contribution in [0.2, 0.25) is 0 Å². The summed E-state index contributed by atoms with van der Waals surface area (Å²) < 4.78 is 7.48. The Bertz CT molecular complexity index is 296. The Morgan fingerprint density at radius 1 is 1.54 bits per heavy atom. The van der Waals surface area contributed by atoms with Crippen molar-refractivity contribution < 1.29 is 4.74 Å². The Kier molecular flexibility index (Phi) is 2.53. The molecule has 0 bridgehead atoms. The molecule has 1 aromatic heterocycles. The van der Waals surface area contributed by atoms with Crippen molar-refractivity contribution in [3.8, 4) is 6.01 Å². The van der Waals surface area contributed by atoms with Gasteiger partial charge in [-0.2, -0.15) is 0 Å². The van der Waals surface area contributed by atoms with Gasteiger partial charge in [-0.15, -0.1) is 5.10 Å². The third-order valence-electron chi connectivity index (χ3n) is 2.04. The zero-order valence-electron chi connectivity index (χ0n) is 7.53. The first-order valence-corrected chi connectivity index (χ1v) is 5.61. The molecule has 0 unspecified atom stereocenters. The molecule has 4 nitrogen and oxygen atoms in total. The number of hydrogen-bond donors (Lipinski definition) is 0. The van der Waals surface area contributed by atoms with Crippen molar-refractivity contribution in [1.82, 2.24) is 14.8 Å². The van der Waals surface area contributed by atoms with Crippen LogP contribution < -0.4 is 4.74 Å². The lowest BCUT2D eigenvalue weighted by molar-refractivity contribution is 0.294. The zero-order valence-corrected chi connectivity index (χ0v) is 9.12. The normalized spacial score (nSPS) is 16.2. The third kappa shape index (κ3) is 1.70. The summed E-state index contributed by atoms with van der Waals surface area (Å²) in [6.45, 7) is 2.60. The molecule has 1 aliphatic carbocycles. The number of hydrogen-bond acceptors (Lipinski definition) is 3. The Morgan fingerprint density at radius 3 is 2.85 bits per heavy atom. The van der Waals surface area contributed by atoms with Gasteiger partial charge in [0.1, 0.15) is 5.82 Å². The Hall–Kier alpha value is -0.580. The lowest BCUT2D eigenvalue weighted by Crippen LogP contribution is -2.04. The molecule has 1 aromatic rings. The van der Waals surface area contributed by atoms with E-state index in [1.807, 2.05) is 6.92 Å². The minimum Gasteiger partial charge on any atom is -0.464 e. The number of rotatable bonds is 4. The maximum atomic E-state index is 5.39. The predicted molar refractivity (Wildman–Crippen MR) is 52.1 cm³/mol. The lowest BCUT2D eigenvalue weighted by atomic mass is 10.6. The molecule has 0 atom stereocenters. The van der Waals surface area contributed by atoms with E-state index in [4.69, 9.17) is 4.74 Å². The maximum Gasteiger partial charge on any atom is 0.317 e. The summed E-state index contributed by atoms with van der Waals surface area (Å²) in [4.78, 5) is 0. The number of ether oxygens (including phenoxy) is 1. The standard InChI is InChI=1S/C8H12BrN3O/c1-2-13-8-11-10-7(5-9)12(8)6-3-4-6/h6H,2-5H2,1H3. The van der Waals surface area contributed by atoms with Crippen LogP contribution >= 0.6 is 15.9 Å². The van der Waals surface area contributed by atoms with Crippen molar-refractivity contribution >= 4 is 15.9 Å². The first kappa shape index (κ1) is 8.99. The molecule has 0 radical (unpaired) electrons.